The molecule has 0 amide bonds. The predicted molar refractivity (Wildman–Crippen MR) is 73.3 cm³/mol. The van der Waals surface area contributed by atoms with Crippen molar-refractivity contribution in [3.8, 4) is 5.88 Å². The molecule has 0 saturated carbocycles. The van der Waals surface area contributed by atoms with Crippen molar-refractivity contribution in [1.82, 2.24) is 19.5 Å². The minimum atomic E-state index is -0.746. The summed E-state index contributed by atoms with van der Waals surface area (Å²) in [5.41, 5.74) is -1.02. The maximum atomic E-state index is 11.6. The lowest BCUT2D eigenvalue weighted by atomic mass is 10.2. The molecular formula is C12H15N5O3. The highest BCUT2D eigenvalue weighted by Crippen LogP contribution is 2.06. The number of hydrogen-bond acceptors (Lipinski definition) is 5. The van der Waals surface area contributed by atoms with Gasteiger partial charge in [0.25, 0.3) is 5.56 Å². The number of aromatic amines is 2. The number of nitrogens with zero attached hydrogens (tertiary/aromatic N) is 3. The van der Waals surface area contributed by atoms with Crippen LogP contribution < -0.4 is 11.2 Å². The van der Waals surface area contributed by atoms with E-state index >= 15 is 0 Å². The number of aliphatic imine (C=N–C) groups is 1. The van der Waals surface area contributed by atoms with Gasteiger partial charge in [0, 0.05) is 31.2 Å². The minimum Gasteiger partial charge on any atom is -0.494 e. The number of hydrogen-bond donors (Lipinski definition) is 3. The van der Waals surface area contributed by atoms with Crippen LogP contribution in [0.2, 0.25) is 0 Å². The Morgan fingerprint density at radius 3 is 2.90 bits per heavy atom. The van der Waals surface area contributed by atoms with E-state index in [1.54, 1.807) is 19.4 Å². The predicted octanol–water partition coefficient (Wildman–Crippen LogP) is -0.135. The molecule has 8 heteroatoms. The molecule has 3 N–H and O–H groups in total. The molecule has 0 aliphatic rings. The normalized spacial score (nSPS) is 11.8. The van der Waals surface area contributed by atoms with Crippen LogP contribution in [0.1, 0.15) is 18.9 Å². The fourth-order valence-corrected chi connectivity index (χ4v) is 1.81. The Hall–Kier alpha value is -2.64. The van der Waals surface area contributed by atoms with Crippen LogP contribution in [0.5, 0.6) is 5.88 Å². The van der Waals surface area contributed by atoms with E-state index in [0.717, 1.165) is 13.0 Å². The lowest BCUT2D eigenvalue weighted by Crippen LogP contribution is -2.27. The summed E-state index contributed by atoms with van der Waals surface area (Å²) >= 11 is 0. The molecule has 2 rings (SSSR count). The zero-order valence-corrected chi connectivity index (χ0v) is 11.0. The first-order valence-electron chi connectivity index (χ1n) is 6.10. The zero-order valence-electron chi connectivity index (χ0n) is 11.0. The monoisotopic (exact) mass is 277 g/mol. The molecule has 8 nitrogen and oxygen atoms in total. The topological polar surface area (TPSA) is 116 Å². The maximum absolute atomic E-state index is 11.6. The zero-order chi connectivity index (χ0) is 14.5. The van der Waals surface area contributed by atoms with E-state index in [9.17, 15) is 14.7 Å². The molecule has 2 aromatic rings. The highest BCUT2D eigenvalue weighted by atomic mass is 16.3. The van der Waals surface area contributed by atoms with Gasteiger partial charge < -0.3 is 9.67 Å². The van der Waals surface area contributed by atoms with Gasteiger partial charge in [0.1, 0.15) is 5.56 Å². The van der Waals surface area contributed by atoms with Gasteiger partial charge in [-0.25, -0.2) is 9.78 Å². The Balaban J connectivity index is 2.04. The summed E-state index contributed by atoms with van der Waals surface area (Å²) in [5, 5.41) is 9.58. The van der Waals surface area contributed by atoms with E-state index in [-0.39, 0.29) is 5.56 Å². The quantitative estimate of drug-likeness (QED) is 0.521. The summed E-state index contributed by atoms with van der Waals surface area (Å²) in [6.45, 7) is 2.88. The third kappa shape index (κ3) is 3.22. The molecule has 0 fully saturated rings. The van der Waals surface area contributed by atoms with Crippen LogP contribution >= 0.6 is 0 Å². The van der Waals surface area contributed by atoms with Crippen LogP contribution in [0.25, 0.3) is 0 Å². The molecule has 2 heterocycles. The first kappa shape index (κ1) is 13.8. The Kier molecular flexibility index (Phi) is 4.14. The van der Waals surface area contributed by atoms with Crippen LogP contribution in [-0.4, -0.2) is 36.9 Å². The van der Waals surface area contributed by atoms with Gasteiger partial charge in [-0.3, -0.25) is 19.8 Å². The highest BCUT2D eigenvalue weighted by Gasteiger charge is 2.11. The number of aryl methyl sites for hydroxylation is 1. The third-order valence-corrected chi connectivity index (χ3v) is 2.77. The van der Waals surface area contributed by atoms with Crippen LogP contribution in [0.15, 0.2) is 33.3 Å². The standard InChI is InChI=1S/C12H15N5O3/c1-8(9-10(18)15-12(20)16-11(9)19)14-3-2-5-17-6-4-13-7-17/h4,6-7H,2-3,5H2,1H3,(H3,15,16,18,19,20). The summed E-state index contributed by atoms with van der Waals surface area (Å²) in [7, 11) is 0. The molecule has 106 valence electrons. The van der Waals surface area contributed by atoms with Gasteiger partial charge in [0.15, 0.2) is 0 Å². The lowest BCUT2D eigenvalue weighted by Gasteiger charge is -2.03. The van der Waals surface area contributed by atoms with Crippen LogP contribution in [0.4, 0.5) is 0 Å². The molecule has 0 bridgehead atoms. The van der Waals surface area contributed by atoms with E-state index in [1.165, 1.54) is 0 Å². The minimum absolute atomic E-state index is 0.00719. The molecule has 0 unspecified atom stereocenters. The Labute approximate surface area is 113 Å². The van der Waals surface area contributed by atoms with Crippen molar-refractivity contribution in [2.24, 2.45) is 4.99 Å². The fraction of sp³-hybridized carbons (Fsp3) is 0.333. The van der Waals surface area contributed by atoms with Gasteiger partial charge in [0.2, 0.25) is 5.88 Å². The number of imidazole rings is 1. The van der Waals surface area contributed by atoms with Gasteiger partial charge in [-0.05, 0) is 13.3 Å². The second kappa shape index (κ2) is 6.00. The van der Waals surface area contributed by atoms with Crippen molar-refractivity contribution in [2.75, 3.05) is 6.54 Å². The van der Waals surface area contributed by atoms with E-state index in [0.29, 0.717) is 12.3 Å². The Bertz CT molecular complexity index is 711. The number of H-pyrrole nitrogens is 2. The molecule has 0 atom stereocenters. The summed E-state index contributed by atoms with van der Waals surface area (Å²) in [4.78, 5) is 34.9. The van der Waals surface area contributed by atoms with Gasteiger partial charge in [-0.15, -0.1) is 0 Å². The number of aromatic nitrogens is 4. The molecule has 0 aromatic carbocycles. The van der Waals surface area contributed by atoms with Crippen LogP contribution in [0, 0.1) is 0 Å². The number of aromatic hydroxyl groups is 1. The van der Waals surface area contributed by atoms with Crippen LogP contribution in [0.3, 0.4) is 0 Å². The average molecular weight is 277 g/mol. The largest absolute Gasteiger partial charge is 0.494 e. The highest BCUT2D eigenvalue weighted by molar-refractivity contribution is 6.00. The van der Waals surface area contributed by atoms with Crippen molar-refractivity contribution in [3.63, 3.8) is 0 Å². The summed E-state index contributed by atoms with van der Waals surface area (Å²) in [6.07, 6.45) is 6.05. The van der Waals surface area contributed by atoms with Crippen molar-refractivity contribution in [3.05, 3.63) is 45.1 Å². The van der Waals surface area contributed by atoms with Crippen LogP contribution in [-0.2, 0) is 6.54 Å². The van der Waals surface area contributed by atoms with Crippen molar-refractivity contribution in [1.29, 1.82) is 0 Å². The summed E-state index contributed by atoms with van der Waals surface area (Å²) < 4.78 is 1.93. The van der Waals surface area contributed by atoms with Gasteiger partial charge >= 0.3 is 5.69 Å². The summed E-state index contributed by atoms with van der Waals surface area (Å²) in [6, 6.07) is 0. The molecule has 0 radical (unpaired) electrons. The fourth-order valence-electron chi connectivity index (χ4n) is 1.81. The number of rotatable bonds is 5. The molecule has 20 heavy (non-hydrogen) atoms. The molecule has 0 spiro atoms. The average Bonchev–Trinajstić information content (AvgIpc) is 2.86. The third-order valence-electron chi connectivity index (χ3n) is 2.77. The Morgan fingerprint density at radius 1 is 1.45 bits per heavy atom. The smallest absolute Gasteiger partial charge is 0.328 e. The second-order valence-corrected chi connectivity index (χ2v) is 4.25. The second-order valence-electron chi connectivity index (χ2n) is 4.25. The van der Waals surface area contributed by atoms with Gasteiger partial charge in [-0.1, -0.05) is 0 Å². The SMILES string of the molecule is CC(=NCCCn1ccnc1)c1c(O)[nH]c(=O)[nH]c1=O. The van der Waals surface area contributed by atoms with E-state index in [4.69, 9.17) is 0 Å². The summed E-state index contributed by atoms with van der Waals surface area (Å²) in [5.74, 6) is -0.463. The van der Waals surface area contributed by atoms with Crippen molar-refractivity contribution < 1.29 is 5.11 Å². The van der Waals surface area contributed by atoms with E-state index in [1.807, 2.05) is 10.8 Å². The van der Waals surface area contributed by atoms with E-state index in [2.05, 4.69) is 19.9 Å². The molecule has 0 saturated heterocycles. The van der Waals surface area contributed by atoms with Gasteiger partial charge in [-0.2, -0.15) is 0 Å². The first-order valence-corrected chi connectivity index (χ1v) is 6.10. The maximum Gasteiger partial charge on any atom is 0.328 e. The molecular weight excluding hydrogens is 262 g/mol. The molecule has 0 aliphatic heterocycles. The Morgan fingerprint density at radius 2 is 2.25 bits per heavy atom. The molecule has 0 aliphatic carbocycles. The molecule has 2 aromatic heterocycles. The van der Waals surface area contributed by atoms with E-state index < -0.39 is 17.1 Å². The van der Waals surface area contributed by atoms with Crippen molar-refractivity contribution >= 4 is 5.71 Å². The first-order chi connectivity index (χ1) is 9.58. The lowest BCUT2D eigenvalue weighted by molar-refractivity contribution is 0.447. The van der Waals surface area contributed by atoms with Crippen molar-refractivity contribution in [2.45, 2.75) is 19.9 Å². The number of nitrogens with one attached hydrogen (secondary N) is 2. The van der Waals surface area contributed by atoms with Gasteiger partial charge in [0.05, 0.1) is 6.33 Å².